The van der Waals surface area contributed by atoms with Crippen LogP contribution in [0.3, 0.4) is 0 Å². The molecule has 1 aromatic heterocycles. The normalized spacial score (nSPS) is 14.8. The summed E-state index contributed by atoms with van der Waals surface area (Å²) in [5.41, 5.74) is 0. The first-order valence-electron chi connectivity index (χ1n) is 7.98. The van der Waals surface area contributed by atoms with Gasteiger partial charge in [0, 0.05) is 52.1 Å². The fraction of sp³-hybridized carbons (Fsp3) is 0.562. The third-order valence-corrected chi connectivity index (χ3v) is 4.76. The summed E-state index contributed by atoms with van der Waals surface area (Å²) in [6.07, 6.45) is 0. The quantitative estimate of drug-likeness (QED) is 0.399. The van der Waals surface area contributed by atoms with Gasteiger partial charge in [-0.2, -0.15) is 0 Å². The Morgan fingerprint density at radius 1 is 1.24 bits per heavy atom. The number of rotatable bonds is 4. The van der Waals surface area contributed by atoms with E-state index in [4.69, 9.17) is 0 Å². The third kappa shape index (κ3) is 6.81. The van der Waals surface area contributed by atoms with Crippen molar-refractivity contribution in [2.24, 2.45) is 4.99 Å². The van der Waals surface area contributed by atoms with Gasteiger partial charge in [0.15, 0.2) is 5.96 Å². The highest BCUT2D eigenvalue weighted by atomic mass is 127. The SMILES string of the molecule is CC(=O)N1CCN(C(=NCC(=O)N(C)C)NCc2cccs2)CC1.I. The van der Waals surface area contributed by atoms with Crippen molar-refractivity contribution in [2.45, 2.75) is 13.5 Å². The first-order valence-corrected chi connectivity index (χ1v) is 8.86. The van der Waals surface area contributed by atoms with Crippen molar-refractivity contribution >= 4 is 53.1 Å². The monoisotopic (exact) mass is 479 g/mol. The summed E-state index contributed by atoms with van der Waals surface area (Å²) < 4.78 is 0. The molecule has 1 aromatic rings. The summed E-state index contributed by atoms with van der Waals surface area (Å²) in [6.45, 7) is 5.17. The van der Waals surface area contributed by atoms with E-state index in [0.717, 1.165) is 5.96 Å². The van der Waals surface area contributed by atoms with Crippen molar-refractivity contribution in [1.29, 1.82) is 0 Å². The second-order valence-corrected chi connectivity index (χ2v) is 6.89. The number of nitrogens with zero attached hydrogens (tertiary/aromatic N) is 4. The van der Waals surface area contributed by atoms with Gasteiger partial charge in [-0.15, -0.1) is 35.3 Å². The number of halogens is 1. The summed E-state index contributed by atoms with van der Waals surface area (Å²) in [4.78, 5) is 34.5. The lowest BCUT2D eigenvalue weighted by Gasteiger charge is -2.36. The Balaban J connectivity index is 0.00000312. The average molecular weight is 479 g/mol. The van der Waals surface area contributed by atoms with Crippen molar-refractivity contribution in [1.82, 2.24) is 20.0 Å². The summed E-state index contributed by atoms with van der Waals surface area (Å²) in [5.74, 6) is 0.789. The molecular weight excluding hydrogens is 453 g/mol. The van der Waals surface area contributed by atoms with Gasteiger partial charge in [0.25, 0.3) is 0 Å². The highest BCUT2D eigenvalue weighted by Crippen LogP contribution is 2.09. The summed E-state index contributed by atoms with van der Waals surface area (Å²) >= 11 is 1.68. The minimum atomic E-state index is -0.0344. The number of nitrogens with one attached hydrogen (secondary N) is 1. The lowest BCUT2D eigenvalue weighted by molar-refractivity contribution is -0.130. The molecule has 0 aliphatic carbocycles. The zero-order valence-electron chi connectivity index (χ0n) is 14.9. The van der Waals surface area contributed by atoms with Crippen molar-refractivity contribution in [2.75, 3.05) is 46.8 Å². The van der Waals surface area contributed by atoms with Crippen molar-refractivity contribution < 1.29 is 9.59 Å². The van der Waals surface area contributed by atoms with Crippen LogP contribution in [0.4, 0.5) is 0 Å². The average Bonchev–Trinajstić information content (AvgIpc) is 3.08. The van der Waals surface area contributed by atoms with E-state index in [1.807, 2.05) is 16.3 Å². The smallest absolute Gasteiger partial charge is 0.243 e. The molecule has 1 aliphatic heterocycles. The standard InChI is InChI=1S/C16H25N5O2S.HI/c1-13(22)20-6-8-21(9-7-20)16(18-12-15(23)19(2)3)17-11-14-5-4-10-24-14;/h4-5,10H,6-9,11-12H2,1-3H3,(H,17,18);1H. The Labute approximate surface area is 170 Å². The molecule has 7 nitrogen and oxygen atoms in total. The van der Waals surface area contributed by atoms with Gasteiger partial charge in [-0.3, -0.25) is 9.59 Å². The van der Waals surface area contributed by atoms with Crippen LogP contribution < -0.4 is 5.32 Å². The summed E-state index contributed by atoms with van der Waals surface area (Å²) in [7, 11) is 3.45. The van der Waals surface area contributed by atoms with Crippen LogP contribution in [0.1, 0.15) is 11.8 Å². The lowest BCUT2D eigenvalue weighted by Crippen LogP contribution is -2.53. The summed E-state index contributed by atoms with van der Waals surface area (Å²) in [6, 6.07) is 4.08. The zero-order valence-corrected chi connectivity index (χ0v) is 18.0. The molecule has 0 saturated carbocycles. The predicted octanol–water partition coefficient (Wildman–Crippen LogP) is 1.06. The van der Waals surface area contributed by atoms with Gasteiger partial charge in [0.05, 0.1) is 6.54 Å². The number of thiophene rings is 1. The number of carbonyl (C=O) groups is 2. The van der Waals surface area contributed by atoms with Crippen LogP contribution in [0.25, 0.3) is 0 Å². The van der Waals surface area contributed by atoms with E-state index in [0.29, 0.717) is 32.7 Å². The van der Waals surface area contributed by atoms with Gasteiger partial charge in [0.2, 0.25) is 11.8 Å². The number of hydrogen-bond donors (Lipinski definition) is 1. The Bertz CT molecular complexity index is 583. The number of guanidine groups is 1. The third-order valence-electron chi connectivity index (χ3n) is 3.89. The van der Waals surface area contributed by atoms with E-state index in [9.17, 15) is 9.59 Å². The Morgan fingerprint density at radius 2 is 1.88 bits per heavy atom. The van der Waals surface area contributed by atoms with Crippen LogP contribution in [-0.2, 0) is 16.1 Å². The number of carbonyl (C=O) groups excluding carboxylic acids is 2. The molecule has 9 heteroatoms. The Kier molecular flexibility index (Phi) is 9.19. The van der Waals surface area contributed by atoms with E-state index in [1.54, 1.807) is 32.4 Å². The van der Waals surface area contributed by atoms with Gasteiger partial charge >= 0.3 is 0 Å². The molecular formula is C16H26IN5O2S. The van der Waals surface area contributed by atoms with Crippen LogP contribution >= 0.6 is 35.3 Å². The molecule has 1 aliphatic rings. The second-order valence-electron chi connectivity index (χ2n) is 5.85. The van der Waals surface area contributed by atoms with E-state index in [1.165, 1.54) is 9.78 Å². The fourth-order valence-electron chi connectivity index (χ4n) is 2.36. The van der Waals surface area contributed by atoms with Gasteiger partial charge in [-0.05, 0) is 11.4 Å². The van der Waals surface area contributed by atoms with Gasteiger partial charge < -0.3 is 20.0 Å². The fourth-order valence-corrected chi connectivity index (χ4v) is 3.01. The van der Waals surface area contributed by atoms with Crippen LogP contribution in [0, 0.1) is 0 Å². The molecule has 2 amide bonds. The first-order chi connectivity index (χ1) is 11.5. The lowest BCUT2D eigenvalue weighted by atomic mass is 10.3. The van der Waals surface area contributed by atoms with Crippen LogP contribution in [-0.4, -0.2) is 79.3 Å². The van der Waals surface area contributed by atoms with E-state index < -0.39 is 0 Å². The molecule has 25 heavy (non-hydrogen) atoms. The largest absolute Gasteiger partial charge is 0.351 e. The van der Waals surface area contributed by atoms with E-state index in [2.05, 4.69) is 21.3 Å². The molecule has 0 bridgehead atoms. The van der Waals surface area contributed by atoms with Crippen molar-refractivity contribution in [3.63, 3.8) is 0 Å². The van der Waals surface area contributed by atoms with E-state index in [-0.39, 0.29) is 42.3 Å². The van der Waals surface area contributed by atoms with Crippen LogP contribution in [0.5, 0.6) is 0 Å². The van der Waals surface area contributed by atoms with Crippen molar-refractivity contribution in [3.8, 4) is 0 Å². The molecule has 0 atom stereocenters. The number of piperazine rings is 1. The molecule has 2 heterocycles. The topological polar surface area (TPSA) is 68.2 Å². The second kappa shape index (κ2) is 10.6. The number of amides is 2. The van der Waals surface area contributed by atoms with Crippen LogP contribution in [0.2, 0.25) is 0 Å². The Hall–Kier alpha value is -1.36. The molecule has 0 spiro atoms. The van der Waals surface area contributed by atoms with Crippen molar-refractivity contribution in [3.05, 3.63) is 22.4 Å². The summed E-state index contributed by atoms with van der Waals surface area (Å²) in [5, 5.41) is 5.38. The molecule has 1 saturated heterocycles. The first kappa shape index (κ1) is 21.7. The highest BCUT2D eigenvalue weighted by molar-refractivity contribution is 14.0. The zero-order chi connectivity index (χ0) is 17.5. The maximum absolute atomic E-state index is 11.8. The number of aliphatic imine (C=N–C) groups is 1. The van der Waals surface area contributed by atoms with Gasteiger partial charge in [-0.25, -0.2) is 4.99 Å². The molecule has 0 aromatic carbocycles. The van der Waals surface area contributed by atoms with E-state index >= 15 is 0 Å². The van der Waals surface area contributed by atoms with Gasteiger partial charge in [-0.1, -0.05) is 6.07 Å². The predicted molar refractivity (Wildman–Crippen MR) is 111 cm³/mol. The molecule has 1 fully saturated rings. The number of hydrogen-bond acceptors (Lipinski definition) is 4. The minimum Gasteiger partial charge on any atom is -0.351 e. The molecule has 0 radical (unpaired) electrons. The highest BCUT2D eigenvalue weighted by Gasteiger charge is 2.21. The Morgan fingerprint density at radius 3 is 2.40 bits per heavy atom. The number of likely N-dealkylation sites (N-methyl/N-ethyl adjacent to an activating group) is 1. The maximum Gasteiger partial charge on any atom is 0.243 e. The maximum atomic E-state index is 11.8. The molecule has 2 rings (SSSR count). The molecule has 1 N–H and O–H groups in total. The minimum absolute atomic E-state index is 0. The van der Waals surface area contributed by atoms with Gasteiger partial charge in [0.1, 0.15) is 6.54 Å². The molecule has 0 unspecified atom stereocenters. The molecule has 140 valence electrons. The van der Waals surface area contributed by atoms with Crippen LogP contribution in [0.15, 0.2) is 22.5 Å².